The highest BCUT2D eigenvalue weighted by molar-refractivity contribution is 7.89. The summed E-state index contributed by atoms with van der Waals surface area (Å²) in [4.78, 5) is 12.4. The maximum atomic E-state index is 12.9. The molecule has 0 spiro atoms. The summed E-state index contributed by atoms with van der Waals surface area (Å²) >= 11 is 0. The van der Waals surface area contributed by atoms with Gasteiger partial charge in [-0.15, -0.1) is 0 Å². The van der Waals surface area contributed by atoms with Crippen LogP contribution in [0.15, 0.2) is 59.5 Å². The molecule has 24 heavy (non-hydrogen) atoms. The van der Waals surface area contributed by atoms with Gasteiger partial charge in [-0.25, -0.2) is 8.42 Å². The van der Waals surface area contributed by atoms with E-state index in [4.69, 9.17) is 4.74 Å². The minimum absolute atomic E-state index is 0.181. The third-order valence-corrected chi connectivity index (χ3v) is 5.90. The van der Waals surface area contributed by atoms with Gasteiger partial charge in [-0.05, 0) is 31.5 Å². The molecule has 0 bridgehead atoms. The van der Waals surface area contributed by atoms with Crippen molar-refractivity contribution >= 4 is 16.0 Å². The number of carbonyl (C=O) groups is 1. The normalized spacial score (nSPS) is 22.8. The number of rotatable bonds is 5. The van der Waals surface area contributed by atoms with Gasteiger partial charge in [0.2, 0.25) is 10.0 Å². The molecule has 0 N–H and O–H groups in total. The minimum Gasteiger partial charge on any atom is -0.465 e. The number of benzene rings is 2. The highest BCUT2D eigenvalue weighted by Crippen LogP contribution is 2.48. The highest BCUT2D eigenvalue weighted by Gasteiger charge is 2.61. The molecule has 5 nitrogen and oxygen atoms in total. The van der Waals surface area contributed by atoms with Crippen LogP contribution in [-0.2, 0) is 19.6 Å². The molecular weight excluding hydrogens is 326 g/mol. The molecule has 1 aliphatic heterocycles. The molecular formula is C18H19NO4S. The number of sulfonamides is 1. The molecule has 6 heteroatoms. The van der Waals surface area contributed by atoms with Gasteiger partial charge in [0, 0.05) is 0 Å². The van der Waals surface area contributed by atoms with Crippen LogP contribution in [0.25, 0.3) is 0 Å². The molecule has 0 saturated carbocycles. The van der Waals surface area contributed by atoms with Crippen molar-refractivity contribution in [1.29, 1.82) is 0 Å². The smallest absolute Gasteiger partial charge is 0.326 e. The zero-order valence-corrected chi connectivity index (χ0v) is 14.4. The van der Waals surface area contributed by atoms with E-state index >= 15 is 0 Å². The third kappa shape index (κ3) is 2.95. The van der Waals surface area contributed by atoms with E-state index in [-0.39, 0.29) is 11.5 Å². The van der Waals surface area contributed by atoms with Crippen LogP contribution in [0.5, 0.6) is 0 Å². The molecule has 1 heterocycles. The largest absolute Gasteiger partial charge is 0.465 e. The molecule has 0 aliphatic carbocycles. The molecule has 1 unspecified atom stereocenters. The van der Waals surface area contributed by atoms with E-state index in [0.717, 1.165) is 11.1 Å². The summed E-state index contributed by atoms with van der Waals surface area (Å²) in [6.07, 6.45) is 0. The highest BCUT2D eigenvalue weighted by atomic mass is 32.2. The summed E-state index contributed by atoms with van der Waals surface area (Å²) in [5.74, 6) is -0.512. The number of ether oxygens (including phenoxy) is 1. The molecule has 2 aromatic rings. The Morgan fingerprint density at radius 2 is 1.71 bits per heavy atom. The third-order valence-electron chi connectivity index (χ3n) is 4.02. The maximum absolute atomic E-state index is 12.9. The van der Waals surface area contributed by atoms with E-state index < -0.39 is 28.1 Å². The lowest BCUT2D eigenvalue weighted by molar-refractivity contribution is -0.143. The standard InChI is InChI=1S/C18H19NO4S/c1-3-23-18(20)17-16(14-7-5-4-6-8-14)19(17)24(21,22)15-11-9-13(2)10-12-15/h4-12,16-17H,3H2,1-2H3/t16-,17-,19?/m1/s1. The molecule has 0 aromatic heterocycles. The van der Waals surface area contributed by atoms with Crippen molar-refractivity contribution < 1.29 is 17.9 Å². The average Bonchev–Trinajstić information content (AvgIpc) is 3.33. The van der Waals surface area contributed by atoms with Gasteiger partial charge in [0.25, 0.3) is 0 Å². The molecule has 0 radical (unpaired) electrons. The fourth-order valence-corrected chi connectivity index (χ4v) is 4.49. The number of hydrogen-bond acceptors (Lipinski definition) is 4. The summed E-state index contributed by atoms with van der Waals surface area (Å²) in [6, 6.07) is 14.4. The second kappa shape index (κ2) is 6.37. The van der Waals surface area contributed by atoms with Crippen LogP contribution in [0.3, 0.4) is 0 Å². The van der Waals surface area contributed by atoms with Gasteiger partial charge < -0.3 is 4.74 Å². The lowest BCUT2D eigenvalue weighted by Gasteiger charge is -2.07. The second-order valence-corrected chi connectivity index (χ2v) is 7.54. The van der Waals surface area contributed by atoms with Gasteiger partial charge in [-0.3, -0.25) is 4.79 Å². The van der Waals surface area contributed by atoms with Crippen LogP contribution in [-0.4, -0.2) is 31.3 Å². The van der Waals surface area contributed by atoms with E-state index in [0.29, 0.717) is 0 Å². The Labute approximate surface area is 141 Å². The van der Waals surface area contributed by atoms with E-state index in [2.05, 4.69) is 0 Å². The Morgan fingerprint density at radius 1 is 1.08 bits per heavy atom. The van der Waals surface area contributed by atoms with Crippen LogP contribution in [0.1, 0.15) is 24.1 Å². The maximum Gasteiger partial charge on any atom is 0.326 e. The fourth-order valence-electron chi connectivity index (χ4n) is 2.78. The summed E-state index contributed by atoms with van der Waals surface area (Å²) in [7, 11) is -3.76. The predicted octanol–water partition coefficient (Wildman–Crippen LogP) is 2.67. The Morgan fingerprint density at radius 3 is 2.29 bits per heavy atom. The van der Waals surface area contributed by atoms with Gasteiger partial charge in [0.1, 0.15) is 6.04 Å². The Kier molecular flexibility index (Phi) is 4.43. The van der Waals surface area contributed by atoms with Crippen molar-refractivity contribution in [3.8, 4) is 0 Å². The van der Waals surface area contributed by atoms with Crippen LogP contribution in [0.4, 0.5) is 0 Å². The monoisotopic (exact) mass is 345 g/mol. The summed E-state index contributed by atoms with van der Waals surface area (Å²) in [5.41, 5.74) is 1.76. The van der Waals surface area contributed by atoms with Gasteiger partial charge in [-0.2, -0.15) is 4.31 Å². The van der Waals surface area contributed by atoms with Gasteiger partial charge in [-0.1, -0.05) is 48.0 Å². The molecule has 3 atom stereocenters. The van der Waals surface area contributed by atoms with E-state index in [1.54, 1.807) is 31.2 Å². The molecule has 1 fully saturated rings. The average molecular weight is 345 g/mol. The predicted molar refractivity (Wildman–Crippen MR) is 89.8 cm³/mol. The molecule has 0 amide bonds. The fraction of sp³-hybridized carbons (Fsp3) is 0.278. The first kappa shape index (κ1) is 16.7. The van der Waals surface area contributed by atoms with Gasteiger partial charge in [0.15, 0.2) is 0 Å². The summed E-state index contributed by atoms with van der Waals surface area (Å²) in [6.45, 7) is 3.81. The zero-order valence-electron chi connectivity index (χ0n) is 13.5. The Balaban J connectivity index is 1.97. The first-order chi connectivity index (χ1) is 11.5. The first-order valence-corrected chi connectivity index (χ1v) is 9.22. The lowest BCUT2D eigenvalue weighted by atomic mass is 10.1. The molecule has 3 rings (SSSR count). The number of carbonyl (C=O) groups excluding carboxylic acids is 1. The minimum atomic E-state index is -3.76. The summed E-state index contributed by atoms with van der Waals surface area (Å²) in [5, 5.41) is 0. The van der Waals surface area contributed by atoms with Gasteiger partial charge in [0.05, 0.1) is 17.5 Å². The van der Waals surface area contributed by atoms with Crippen molar-refractivity contribution in [2.75, 3.05) is 6.61 Å². The number of nitrogens with zero attached hydrogens (tertiary/aromatic N) is 1. The van der Waals surface area contributed by atoms with Crippen molar-refractivity contribution in [2.24, 2.45) is 0 Å². The Bertz CT molecular complexity index is 831. The number of aryl methyl sites for hydroxylation is 1. The SMILES string of the molecule is CCOC(=O)[C@H]1[C@@H](c2ccccc2)N1S(=O)(=O)c1ccc(C)cc1. The first-order valence-electron chi connectivity index (χ1n) is 7.78. The van der Waals surface area contributed by atoms with Crippen LogP contribution in [0, 0.1) is 6.92 Å². The van der Waals surface area contributed by atoms with Crippen LogP contribution < -0.4 is 0 Å². The lowest BCUT2D eigenvalue weighted by Crippen LogP contribution is -2.21. The number of esters is 1. The zero-order chi connectivity index (χ0) is 17.3. The van der Waals surface area contributed by atoms with E-state index in [1.807, 2.05) is 37.3 Å². The molecule has 126 valence electrons. The van der Waals surface area contributed by atoms with Crippen molar-refractivity contribution in [3.63, 3.8) is 0 Å². The number of hydrogen-bond donors (Lipinski definition) is 0. The molecule has 2 aromatic carbocycles. The van der Waals surface area contributed by atoms with Crippen LogP contribution in [0.2, 0.25) is 0 Å². The molecule has 1 aliphatic rings. The molecule has 1 saturated heterocycles. The van der Waals surface area contributed by atoms with Crippen molar-refractivity contribution in [1.82, 2.24) is 4.31 Å². The van der Waals surface area contributed by atoms with E-state index in [9.17, 15) is 13.2 Å². The Hall–Kier alpha value is -2.18. The van der Waals surface area contributed by atoms with E-state index in [1.165, 1.54) is 4.31 Å². The van der Waals surface area contributed by atoms with Gasteiger partial charge >= 0.3 is 5.97 Å². The van der Waals surface area contributed by atoms with Crippen molar-refractivity contribution in [3.05, 3.63) is 65.7 Å². The topological polar surface area (TPSA) is 63.5 Å². The second-order valence-electron chi connectivity index (χ2n) is 5.70. The summed E-state index contributed by atoms with van der Waals surface area (Å²) < 4.78 is 32.1. The van der Waals surface area contributed by atoms with Crippen LogP contribution >= 0.6 is 0 Å². The van der Waals surface area contributed by atoms with Crippen molar-refractivity contribution in [2.45, 2.75) is 30.8 Å². The quantitative estimate of drug-likeness (QED) is 0.617.